The Morgan fingerprint density at radius 1 is 1.50 bits per heavy atom. The zero-order valence-corrected chi connectivity index (χ0v) is 8.96. The summed E-state index contributed by atoms with van der Waals surface area (Å²) in [4.78, 5) is 7.07. The molecule has 0 spiro atoms. The normalized spacial score (nSPS) is 15.8. The van der Waals surface area contributed by atoms with E-state index >= 15 is 0 Å². The van der Waals surface area contributed by atoms with E-state index < -0.39 is 0 Å². The average Bonchev–Trinajstić information content (AvgIpc) is 3.01. The van der Waals surface area contributed by atoms with E-state index in [1.807, 2.05) is 6.20 Å². The first-order valence-corrected chi connectivity index (χ1v) is 5.68. The Labute approximate surface area is 93.1 Å². The van der Waals surface area contributed by atoms with Gasteiger partial charge >= 0.3 is 0 Å². The minimum absolute atomic E-state index is 0.275. The number of halogens is 1. The first-order valence-electron chi connectivity index (χ1n) is 5.68. The molecule has 1 aliphatic carbocycles. The van der Waals surface area contributed by atoms with Gasteiger partial charge in [0.25, 0.3) is 0 Å². The molecule has 4 heteroatoms. The van der Waals surface area contributed by atoms with E-state index in [0.29, 0.717) is 0 Å². The molecule has 1 aliphatic rings. The number of H-pyrrole nitrogens is 1. The molecule has 0 aliphatic heterocycles. The number of nitrogens with one attached hydrogen (secondary N) is 2. The number of aromatic nitrogens is 2. The van der Waals surface area contributed by atoms with Crippen LogP contribution in [-0.2, 0) is 6.42 Å². The largest absolute Gasteiger partial charge is 0.346 e. The van der Waals surface area contributed by atoms with E-state index in [-0.39, 0.29) is 5.82 Å². The molecule has 16 heavy (non-hydrogen) atoms. The molecule has 0 aromatic carbocycles. The number of aromatic amines is 1. The van der Waals surface area contributed by atoms with Crippen molar-refractivity contribution in [1.29, 1.82) is 0 Å². The summed E-state index contributed by atoms with van der Waals surface area (Å²) in [6, 6.07) is 2.27. The van der Waals surface area contributed by atoms with Crippen molar-refractivity contribution in [1.82, 2.24) is 15.3 Å². The maximum absolute atomic E-state index is 13.1. The van der Waals surface area contributed by atoms with Gasteiger partial charge in [0.2, 0.25) is 0 Å². The van der Waals surface area contributed by atoms with E-state index in [4.69, 9.17) is 0 Å². The number of fused-ring (bicyclic) bond motifs is 1. The molecule has 0 radical (unpaired) electrons. The zero-order chi connectivity index (χ0) is 11.0. The quantitative estimate of drug-likeness (QED) is 0.825. The molecule has 84 valence electrons. The summed E-state index contributed by atoms with van der Waals surface area (Å²) >= 11 is 0. The second-order valence-electron chi connectivity index (χ2n) is 4.34. The maximum atomic E-state index is 13.1. The lowest BCUT2D eigenvalue weighted by Gasteiger charge is -2.01. The van der Waals surface area contributed by atoms with Crippen LogP contribution in [0.3, 0.4) is 0 Å². The minimum atomic E-state index is -0.275. The molecule has 3 rings (SSSR count). The predicted octanol–water partition coefficient (Wildman–Crippen LogP) is 2.00. The highest BCUT2D eigenvalue weighted by Crippen LogP contribution is 2.20. The SMILES string of the molecule is Fc1cnc2[nH]cc(CCNC3CC3)c2c1. The highest BCUT2D eigenvalue weighted by molar-refractivity contribution is 5.79. The smallest absolute Gasteiger partial charge is 0.142 e. The van der Waals surface area contributed by atoms with Crippen LogP contribution in [0.4, 0.5) is 4.39 Å². The molecule has 2 N–H and O–H groups in total. The van der Waals surface area contributed by atoms with Crippen LogP contribution in [0.25, 0.3) is 11.0 Å². The summed E-state index contributed by atoms with van der Waals surface area (Å²) in [5.41, 5.74) is 1.90. The molecular formula is C12H14FN3. The van der Waals surface area contributed by atoms with Gasteiger partial charge in [0.1, 0.15) is 11.5 Å². The van der Waals surface area contributed by atoms with Crippen molar-refractivity contribution in [2.45, 2.75) is 25.3 Å². The average molecular weight is 219 g/mol. The van der Waals surface area contributed by atoms with Gasteiger partial charge in [-0.3, -0.25) is 0 Å². The van der Waals surface area contributed by atoms with E-state index in [1.165, 1.54) is 19.0 Å². The minimum Gasteiger partial charge on any atom is -0.346 e. The monoisotopic (exact) mass is 219 g/mol. The second-order valence-corrected chi connectivity index (χ2v) is 4.34. The Bertz CT molecular complexity index is 502. The topological polar surface area (TPSA) is 40.7 Å². The van der Waals surface area contributed by atoms with E-state index in [1.54, 1.807) is 6.07 Å². The lowest BCUT2D eigenvalue weighted by Crippen LogP contribution is -2.19. The fourth-order valence-corrected chi connectivity index (χ4v) is 1.94. The lowest BCUT2D eigenvalue weighted by molar-refractivity contribution is 0.624. The van der Waals surface area contributed by atoms with Crippen LogP contribution in [0.15, 0.2) is 18.5 Å². The molecule has 0 saturated heterocycles. The van der Waals surface area contributed by atoms with Crippen molar-refractivity contribution in [2.75, 3.05) is 6.54 Å². The van der Waals surface area contributed by atoms with Gasteiger partial charge < -0.3 is 10.3 Å². The summed E-state index contributed by atoms with van der Waals surface area (Å²) < 4.78 is 13.1. The number of hydrogen-bond donors (Lipinski definition) is 2. The van der Waals surface area contributed by atoms with Gasteiger partial charge in [-0.25, -0.2) is 9.37 Å². The molecule has 1 saturated carbocycles. The van der Waals surface area contributed by atoms with Crippen LogP contribution in [0, 0.1) is 5.82 Å². The molecular weight excluding hydrogens is 205 g/mol. The third-order valence-corrected chi connectivity index (χ3v) is 2.99. The highest BCUT2D eigenvalue weighted by Gasteiger charge is 2.19. The molecule has 0 atom stereocenters. The van der Waals surface area contributed by atoms with Crippen LogP contribution in [-0.4, -0.2) is 22.6 Å². The Kier molecular flexibility index (Phi) is 2.36. The van der Waals surface area contributed by atoms with Crippen LogP contribution in [0.1, 0.15) is 18.4 Å². The fourth-order valence-electron chi connectivity index (χ4n) is 1.94. The number of rotatable bonds is 4. The predicted molar refractivity (Wildman–Crippen MR) is 60.8 cm³/mol. The third kappa shape index (κ3) is 1.93. The Hall–Kier alpha value is -1.42. The van der Waals surface area contributed by atoms with E-state index in [0.717, 1.165) is 35.6 Å². The molecule has 3 nitrogen and oxygen atoms in total. The Balaban J connectivity index is 1.76. The van der Waals surface area contributed by atoms with Gasteiger partial charge in [-0.2, -0.15) is 0 Å². The molecule has 0 bridgehead atoms. The van der Waals surface area contributed by atoms with Gasteiger partial charge in [-0.05, 0) is 37.4 Å². The first kappa shape index (κ1) is 9.78. The van der Waals surface area contributed by atoms with Crippen LogP contribution >= 0.6 is 0 Å². The van der Waals surface area contributed by atoms with Crippen molar-refractivity contribution < 1.29 is 4.39 Å². The molecule has 0 amide bonds. The van der Waals surface area contributed by atoms with Gasteiger partial charge in [0.05, 0.1) is 6.20 Å². The van der Waals surface area contributed by atoms with Crippen molar-refractivity contribution >= 4 is 11.0 Å². The second kappa shape index (κ2) is 3.87. The van der Waals surface area contributed by atoms with Crippen LogP contribution < -0.4 is 5.32 Å². The van der Waals surface area contributed by atoms with Crippen molar-refractivity contribution in [3.63, 3.8) is 0 Å². The summed E-state index contributed by atoms with van der Waals surface area (Å²) in [5.74, 6) is -0.275. The Morgan fingerprint density at radius 3 is 3.19 bits per heavy atom. The summed E-state index contributed by atoms with van der Waals surface area (Å²) in [7, 11) is 0. The molecule has 2 heterocycles. The summed E-state index contributed by atoms with van der Waals surface area (Å²) in [6.45, 7) is 0.953. The third-order valence-electron chi connectivity index (χ3n) is 2.99. The first-order chi connectivity index (χ1) is 7.83. The Morgan fingerprint density at radius 2 is 2.38 bits per heavy atom. The molecule has 2 aromatic heterocycles. The van der Waals surface area contributed by atoms with Gasteiger partial charge in [0, 0.05) is 17.6 Å². The maximum Gasteiger partial charge on any atom is 0.142 e. The van der Waals surface area contributed by atoms with Gasteiger partial charge in [-0.15, -0.1) is 0 Å². The van der Waals surface area contributed by atoms with E-state index in [9.17, 15) is 4.39 Å². The highest BCUT2D eigenvalue weighted by atomic mass is 19.1. The fraction of sp³-hybridized carbons (Fsp3) is 0.417. The molecule has 1 fully saturated rings. The number of pyridine rings is 1. The molecule has 0 unspecified atom stereocenters. The number of hydrogen-bond acceptors (Lipinski definition) is 2. The summed E-state index contributed by atoms with van der Waals surface area (Å²) in [6.07, 6.45) is 6.67. The number of nitrogens with zero attached hydrogens (tertiary/aromatic N) is 1. The van der Waals surface area contributed by atoms with Gasteiger partial charge in [0.15, 0.2) is 0 Å². The van der Waals surface area contributed by atoms with Crippen molar-refractivity contribution in [2.24, 2.45) is 0 Å². The summed E-state index contributed by atoms with van der Waals surface area (Å²) in [5, 5.41) is 4.35. The van der Waals surface area contributed by atoms with Crippen molar-refractivity contribution in [3.8, 4) is 0 Å². The van der Waals surface area contributed by atoms with Gasteiger partial charge in [-0.1, -0.05) is 0 Å². The standard InChI is InChI=1S/C12H14FN3/c13-9-5-11-8(3-4-14-10-1-2-10)6-15-12(11)16-7-9/h5-7,10,14H,1-4H2,(H,15,16). The van der Waals surface area contributed by atoms with Crippen LogP contribution in [0.2, 0.25) is 0 Å². The van der Waals surface area contributed by atoms with Crippen molar-refractivity contribution in [3.05, 3.63) is 29.8 Å². The lowest BCUT2D eigenvalue weighted by atomic mass is 10.1. The van der Waals surface area contributed by atoms with E-state index in [2.05, 4.69) is 15.3 Å². The molecule has 2 aromatic rings. The zero-order valence-electron chi connectivity index (χ0n) is 8.96. The van der Waals surface area contributed by atoms with Crippen LogP contribution in [0.5, 0.6) is 0 Å².